The summed E-state index contributed by atoms with van der Waals surface area (Å²) in [6, 6.07) is 4.70. The number of hydrogen-bond acceptors (Lipinski definition) is 5. The first-order valence-corrected chi connectivity index (χ1v) is 7.23. The molecular weight excluding hydrogens is 272 g/mol. The topological polar surface area (TPSA) is 101 Å². The minimum Gasteiger partial charge on any atom is -0.395 e. The van der Waals surface area contributed by atoms with Crippen LogP contribution in [-0.4, -0.2) is 42.4 Å². The smallest absolute Gasteiger partial charge is 0.269 e. The molecule has 1 aromatic rings. The molecule has 0 aliphatic rings. The second-order valence-electron chi connectivity index (χ2n) is 3.88. The summed E-state index contributed by atoms with van der Waals surface area (Å²) in [6.07, 6.45) is 0.617. The normalized spacial score (nSPS) is 11.7. The number of sulfonamides is 1. The zero-order chi connectivity index (χ0) is 14.5. The molecule has 0 unspecified atom stereocenters. The van der Waals surface area contributed by atoms with Crippen LogP contribution in [0.1, 0.15) is 13.3 Å². The summed E-state index contributed by atoms with van der Waals surface area (Å²) in [6.45, 7) is 1.86. The van der Waals surface area contributed by atoms with Gasteiger partial charge in [0, 0.05) is 25.2 Å². The van der Waals surface area contributed by atoms with Gasteiger partial charge in [-0.1, -0.05) is 6.92 Å². The Kier molecular flexibility index (Phi) is 5.40. The number of benzene rings is 1. The second kappa shape index (κ2) is 6.60. The highest BCUT2D eigenvalue weighted by atomic mass is 32.2. The number of nitro benzene ring substituents is 1. The Labute approximate surface area is 111 Å². The van der Waals surface area contributed by atoms with E-state index in [4.69, 9.17) is 5.11 Å². The first kappa shape index (κ1) is 15.5. The van der Waals surface area contributed by atoms with E-state index in [1.807, 2.05) is 6.92 Å². The van der Waals surface area contributed by atoms with Gasteiger partial charge in [-0.2, -0.15) is 4.31 Å². The molecule has 0 saturated carbocycles. The molecule has 0 aliphatic heterocycles. The third-order valence-electron chi connectivity index (χ3n) is 2.51. The first-order chi connectivity index (χ1) is 8.93. The number of nitrogens with zero attached hydrogens (tertiary/aromatic N) is 2. The maximum Gasteiger partial charge on any atom is 0.269 e. The van der Waals surface area contributed by atoms with Gasteiger partial charge in [-0.3, -0.25) is 10.1 Å². The molecule has 7 nitrogen and oxygen atoms in total. The van der Waals surface area contributed by atoms with Gasteiger partial charge < -0.3 is 5.11 Å². The lowest BCUT2D eigenvalue weighted by Gasteiger charge is -2.20. The highest BCUT2D eigenvalue weighted by Gasteiger charge is 2.23. The third-order valence-corrected chi connectivity index (χ3v) is 4.42. The van der Waals surface area contributed by atoms with Crippen molar-refractivity contribution in [3.63, 3.8) is 0 Å². The second-order valence-corrected chi connectivity index (χ2v) is 5.82. The number of rotatable bonds is 7. The summed E-state index contributed by atoms with van der Waals surface area (Å²) in [5.41, 5.74) is -0.164. The van der Waals surface area contributed by atoms with Crippen LogP contribution in [0, 0.1) is 10.1 Å². The van der Waals surface area contributed by atoms with Gasteiger partial charge in [0.1, 0.15) is 0 Å². The number of nitro groups is 1. The van der Waals surface area contributed by atoms with Crippen molar-refractivity contribution in [2.24, 2.45) is 0 Å². The van der Waals surface area contributed by atoms with Crippen molar-refractivity contribution in [1.29, 1.82) is 0 Å². The fourth-order valence-electron chi connectivity index (χ4n) is 1.60. The van der Waals surface area contributed by atoms with Gasteiger partial charge in [0.2, 0.25) is 10.0 Å². The van der Waals surface area contributed by atoms with Gasteiger partial charge in [0.25, 0.3) is 5.69 Å². The lowest BCUT2D eigenvalue weighted by Crippen LogP contribution is -2.34. The van der Waals surface area contributed by atoms with E-state index >= 15 is 0 Å². The molecule has 8 heteroatoms. The Morgan fingerprint density at radius 3 is 2.26 bits per heavy atom. The summed E-state index contributed by atoms with van der Waals surface area (Å²) in [7, 11) is -3.72. The fraction of sp³-hybridized carbons (Fsp3) is 0.455. The Balaban J connectivity index is 3.07. The highest BCUT2D eigenvalue weighted by Crippen LogP contribution is 2.19. The molecule has 1 N–H and O–H groups in total. The van der Waals surface area contributed by atoms with Crippen LogP contribution < -0.4 is 0 Å². The van der Waals surface area contributed by atoms with E-state index in [0.29, 0.717) is 13.0 Å². The Morgan fingerprint density at radius 1 is 1.26 bits per heavy atom. The van der Waals surface area contributed by atoms with Crippen LogP contribution in [-0.2, 0) is 10.0 Å². The average molecular weight is 288 g/mol. The molecule has 1 aromatic carbocycles. The van der Waals surface area contributed by atoms with Crippen LogP contribution in [0.4, 0.5) is 5.69 Å². The van der Waals surface area contributed by atoms with Crippen molar-refractivity contribution in [3.05, 3.63) is 34.4 Å². The molecular formula is C11H16N2O5S. The van der Waals surface area contributed by atoms with Gasteiger partial charge in [-0.05, 0) is 18.6 Å². The Bertz CT molecular complexity index is 521. The Hall–Kier alpha value is -1.51. The predicted molar refractivity (Wildman–Crippen MR) is 69.2 cm³/mol. The van der Waals surface area contributed by atoms with Crippen LogP contribution in [0.2, 0.25) is 0 Å². The molecule has 0 heterocycles. The van der Waals surface area contributed by atoms with Crippen molar-refractivity contribution >= 4 is 15.7 Å². The largest absolute Gasteiger partial charge is 0.395 e. The zero-order valence-electron chi connectivity index (χ0n) is 10.5. The van der Waals surface area contributed by atoms with Gasteiger partial charge in [-0.15, -0.1) is 0 Å². The van der Waals surface area contributed by atoms with Gasteiger partial charge in [0.15, 0.2) is 0 Å². The number of aliphatic hydroxyl groups is 1. The van der Waals surface area contributed by atoms with E-state index in [1.54, 1.807) is 0 Å². The molecule has 0 saturated heterocycles. The summed E-state index contributed by atoms with van der Waals surface area (Å²) in [5.74, 6) is 0. The summed E-state index contributed by atoms with van der Waals surface area (Å²) in [5, 5.41) is 19.4. The minimum atomic E-state index is -3.72. The highest BCUT2D eigenvalue weighted by molar-refractivity contribution is 7.89. The Morgan fingerprint density at radius 2 is 1.84 bits per heavy atom. The molecule has 0 atom stereocenters. The molecule has 0 aliphatic carbocycles. The van der Waals surface area contributed by atoms with Gasteiger partial charge in [0.05, 0.1) is 16.4 Å². The van der Waals surface area contributed by atoms with E-state index in [0.717, 1.165) is 16.4 Å². The molecule has 0 radical (unpaired) electrons. The van der Waals surface area contributed by atoms with Gasteiger partial charge >= 0.3 is 0 Å². The van der Waals surface area contributed by atoms with Crippen LogP contribution in [0.3, 0.4) is 0 Å². The van der Waals surface area contributed by atoms with Gasteiger partial charge in [-0.25, -0.2) is 8.42 Å². The standard InChI is InChI=1S/C11H16N2O5S/c1-2-7-12(8-9-14)19(17,18)11-5-3-10(4-6-11)13(15)16/h3-6,14H,2,7-9H2,1H3. The third kappa shape index (κ3) is 3.72. The summed E-state index contributed by atoms with van der Waals surface area (Å²) in [4.78, 5) is 9.91. The van der Waals surface area contributed by atoms with Crippen molar-refractivity contribution in [2.75, 3.05) is 19.7 Å². The van der Waals surface area contributed by atoms with Crippen LogP contribution in [0.15, 0.2) is 29.2 Å². The molecule has 0 bridgehead atoms. The maximum atomic E-state index is 12.2. The number of aliphatic hydroxyl groups excluding tert-OH is 1. The van der Waals surface area contributed by atoms with Crippen molar-refractivity contribution in [2.45, 2.75) is 18.2 Å². The van der Waals surface area contributed by atoms with Crippen molar-refractivity contribution in [3.8, 4) is 0 Å². The molecule has 0 aromatic heterocycles. The molecule has 0 fully saturated rings. The summed E-state index contributed by atoms with van der Waals surface area (Å²) < 4.78 is 25.6. The predicted octanol–water partition coefficient (Wildman–Crippen LogP) is 0.988. The fourth-order valence-corrected chi connectivity index (χ4v) is 3.13. The van der Waals surface area contributed by atoms with Crippen molar-refractivity contribution in [1.82, 2.24) is 4.31 Å². The minimum absolute atomic E-state index is 0.00710. The van der Waals surface area contributed by atoms with E-state index in [1.165, 1.54) is 12.1 Å². The van der Waals surface area contributed by atoms with E-state index in [9.17, 15) is 18.5 Å². The summed E-state index contributed by atoms with van der Waals surface area (Å²) >= 11 is 0. The van der Waals surface area contributed by atoms with E-state index in [-0.39, 0.29) is 23.7 Å². The van der Waals surface area contributed by atoms with E-state index < -0.39 is 14.9 Å². The molecule has 0 amide bonds. The van der Waals surface area contributed by atoms with Crippen molar-refractivity contribution < 1.29 is 18.4 Å². The van der Waals surface area contributed by atoms with Crippen LogP contribution >= 0.6 is 0 Å². The number of non-ortho nitro benzene ring substituents is 1. The molecule has 106 valence electrons. The molecule has 19 heavy (non-hydrogen) atoms. The average Bonchev–Trinajstić information content (AvgIpc) is 2.38. The van der Waals surface area contributed by atoms with E-state index in [2.05, 4.69) is 0 Å². The molecule has 1 rings (SSSR count). The SMILES string of the molecule is CCCN(CCO)S(=O)(=O)c1ccc([N+](=O)[O-])cc1. The lowest BCUT2D eigenvalue weighted by molar-refractivity contribution is -0.384. The monoisotopic (exact) mass is 288 g/mol. The quantitative estimate of drug-likeness (QED) is 0.595. The zero-order valence-corrected chi connectivity index (χ0v) is 11.3. The number of hydrogen-bond donors (Lipinski definition) is 1. The van der Waals surface area contributed by atoms with Crippen LogP contribution in [0.5, 0.6) is 0 Å². The first-order valence-electron chi connectivity index (χ1n) is 5.79. The maximum absolute atomic E-state index is 12.2. The molecule has 0 spiro atoms. The van der Waals surface area contributed by atoms with Crippen LogP contribution in [0.25, 0.3) is 0 Å². The lowest BCUT2D eigenvalue weighted by atomic mass is 10.3.